The van der Waals surface area contributed by atoms with Gasteiger partial charge >= 0.3 is 0 Å². The van der Waals surface area contributed by atoms with Gasteiger partial charge in [0.1, 0.15) is 5.82 Å². The van der Waals surface area contributed by atoms with E-state index in [-0.39, 0.29) is 11.9 Å². The van der Waals surface area contributed by atoms with Gasteiger partial charge in [-0.2, -0.15) is 5.10 Å². The Morgan fingerprint density at radius 2 is 2.24 bits per heavy atom. The van der Waals surface area contributed by atoms with Crippen LogP contribution in [-0.4, -0.2) is 33.7 Å². The highest BCUT2D eigenvalue weighted by Crippen LogP contribution is 2.19. The summed E-state index contributed by atoms with van der Waals surface area (Å²) in [5.74, 6) is 1.38. The number of nitrogens with zero attached hydrogens (tertiary/aromatic N) is 2. The van der Waals surface area contributed by atoms with E-state index in [4.69, 9.17) is 0 Å². The highest BCUT2D eigenvalue weighted by Gasteiger charge is 2.09. The zero-order valence-electron chi connectivity index (χ0n) is 12.6. The van der Waals surface area contributed by atoms with Crippen LogP contribution in [-0.2, 0) is 4.79 Å². The Morgan fingerprint density at radius 1 is 1.43 bits per heavy atom. The second kappa shape index (κ2) is 6.99. The van der Waals surface area contributed by atoms with Gasteiger partial charge in [0.15, 0.2) is 5.82 Å². The molecule has 3 N–H and O–H groups in total. The van der Waals surface area contributed by atoms with Gasteiger partial charge in [-0.1, -0.05) is 19.1 Å². The number of nitrogens with one attached hydrogen (secondary N) is 3. The Hall–Kier alpha value is -2.21. The van der Waals surface area contributed by atoms with Crippen molar-refractivity contribution in [1.82, 2.24) is 20.5 Å². The van der Waals surface area contributed by atoms with Crippen LogP contribution >= 0.6 is 0 Å². The topological polar surface area (TPSA) is 82.7 Å². The Kier molecular flexibility index (Phi) is 5.05. The van der Waals surface area contributed by atoms with Gasteiger partial charge in [-0.3, -0.25) is 9.89 Å². The molecule has 0 fully saturated rings. The molecule has 21 heavy (non-hydrogen) atoms. The van der Waals surface area contributed by atoms with Crippen LogP contribution in [0.5, 0.6) is 0 Å². The van der Waals surface area contributed by atoms with Crippen molar-refractivity contribution in [1.29, 1.82) is 0 Å². The SMILES string of the molecule is CCNC(C)CC(=O)Nc1cccc(-c2n[nH]c(C)n2)c1. The molecule has 0 spiro atoms. The van der Waals surface area contributed by atoms with Crippen molar-refractivity contribution in [3.05, 3.63) is 30.1 Å². The summed E-state index contributed by atoms with van der Waals surface area (Å²) in [6.45, 7) is 6.73. The van der Waals surface area contributed by atoms with Gasteiger partial charge in [0.05, 0.1) is 0 Å². The highest BCUT2D eigenvalue weighted by molar-refractivity contribution is 5.91. The molecule has 6 heteroatoms. The van der Waals surface area contributed by atoms with Crippen LogP contribution in [0.2, 0.25) is 0 Å². The van der Waals surface area contributed by atoms with E-state index >= 15 is 0 Å². The molecule has 1 aromatic heterocycles. The molecule has 6 nitrogen and oxygen atoms in total. The molecule has 0 aliphatic carbocycles. The maximum Gasteiger partial charge on any atom is 0.225 e. The lowest BCUT2D eigenvalue weighted by molar-refractivity contribution is -0.116. The fraction of sp³-hybridized carbons (Fsp3) is 0.400. The van der Waals surface area contributed by atoms with Gasteiger partial charge in [-0.25, -0.2) is 4.98 Å². The van der Waals surface area contributed by atoms with E-state index in [0.717, 1.165) is 23.6 Å². The number of anilines is 1. The number of hydrogen-bond acceptors (Lipinski definition) is 4. The summed E-state index contributed by atoms with van der Waals surface area (Å²) in [7, 11) is 0. The Balaban J connectivity index is 2.03. The predicted octanol–water partition coefficient (Wildman–Crippen LogP) is 2.11. The zero-order chi connectivity index (χ0) is 15.2. The molecule has 0 aliphatic heterocycles. The van der Waals surface area contributed by atoms with Crippen LogP contribution in [0.3, 0.4) is 0 Å². The summed E-state index contributed by atoms with van der Waals surface area (Å²) in [5.41, 5.74) is 1.63. The second-order valence-electron chi connectivity index (χ2n) is 5.04. The number of amides is 1. The molecule has 1 unspecified atom stereocenters. The summed E-state index contributed by atoms with van der Waals surface area (Å²) in [5, 5.41) is 13.1. The lowest BCUT2D eigenvalue weighted by atomic mass is 10.1. The number of aryl methyl sites for hydroxylation is 1. The van der Waals surface area contributed by atoms with Crippen LogP contribution < -0.4 is 10.6 Å². The van der Waals surface area contributed by atoms with Crippen LogP contribution in [0.25, 0.3) is 11.4 Å². The third-order valence-corrected chi connectivity index (χ3v) is 3.05. The van der Waals surface area contributed by atoms with E-state index in [1.54, 1.807) is 0 Å². The Morgan fingerprint density at radius 3 is 2.90 bits per heavy atom. The van der Waals surface area contributed by atoms with E-state index in [1.807, 2.05) is 45.0 Å². The van der Waals surface area contributed by atoms with Gasteiger partial charge in [0, 0.05) is 23.7 Å². The quantitative estimate of drug-likeness (QED) is 0.760. The van der Waals surface area contributed by atoms with E-state index in [2.05, 4.69) is 25.8 Å². The number of rotatable bonds is 6. The maximum atomic E-state index is 12.0. The lowest BCUT2D eigenvalue weighted by Gasteiger charge is -2.12. The standard InChI is InChI=1S/C15H21N5O/c1-4-16-10(2)8-14(21)18-13-7-5-6-12(9-13)15-17-11(3)19-20-15/h5-7,9-10,16H,4,8H2,1-3H3,(H,18,21)(H,17,19,20). The molecule has 0 saturated heterocycles. The van der Waals surface area contributed by atoms with E-state index < -0.39 is 0 Å². The fourth-order valence-corrected chi connectivity index (χ4v) is 2.12. The Labute approximate surface area is 124 Å². The summed E-state index contributed by atoms with van der Waals surface area (Å²) in [4.78, 5) is 16.2. The minimum atomic E-state index is -0.00762. The molecular weight excluding hydrogens is 266 g/mol. The molecule has 1 heterocycles. The van der Waals surface area contributed by atoms with Crippen LogP contribution in [0.1, 0.15) is 26.1 Å². The summed E-state index contributed by atoms with van der Waals surface area (Å²) in [6.07, 6.45) is 0.442. The third kappa shape index (κ3) is 4.39. The van der Waals surface area contributed by atoms with Crippen LogP contribution in [0.4, 0.5) is 5.69 Å². The number of carbonyl (C=O) groups is 1. The minimum absolute atomic E-state index is 0.00762. The largest absolute Gasteiger partial charge is 0.326 e. The number of H-pyrrole nitrogens is 1. The maximum absolute atomic E-state index is 12.0. The van der Waals surface area contributed by atoms with E-state index in [0.29, 0.717) is 12.2 Å². The first-order chi connectivity index (χ1) is 10.1. The number of benzene rings is 1. The van der Waals surface area contributed by atoms with Crippen molar-refractivity contribution in [2.45, 2.75) is 33.2 Å². The van der Waals surface area contributed by atoms with Gasteiger partial charge in [0.25, 0.3) is 0 Å². The van der Waals surface area contributed by atoms with E-state index in [1.165, 1.54) is 0 Å². The van der Waals surface area contributed by atoms with E-state index in [9.17, 15) is 4.79 Å². The summed E-state index contributed by atoms with van der Waals surface area (Å²) < 4.78 is 0. The van der Waals surface area contributed by atoms with Crippen molar-refractivity contribution < 1.29 is 4.79 Å². The molecule has 1 atom stereocenters. The zero-order valence-corrected chi connectivity index (χ0v) is 12.6. The number of carbonyl (C=O) groups excluding carboxylic acids is 1. The predicted molar refractivity (Wildman–Crippen MR) is 82.9 cm³/mol. The molecule has 1 aromatic carbocycles. The van der Waals surface area contributed by atoms with Crippen molar-refractivity contribution >= 4 is 11.6 Å². The average Bonchev–Trinajstić information content (AvgIpc) is 2.86. The summed E-state index contributed by atoms with van der Waals surface area (Å²) in [6, 6.07) is 7.69. The molecule has 1 amide bonds. The molecule has 0 saturated carbocycles. The number of aromatic nitrogens is 3. The molecule has 2 rings (SSSR count). The number of hydrogen-bond donors (Lipinski definition) is 3. The van der Waals surface area contributed by atoms with Crippen molar-refractivity contribution in [3.8, 4) is 11.4 Å². The molecule has 112 valence electrons. The molecule has 0 radical (unpaired) electrons. The molecule has 0 aliphatic rings. The van der Waals surface area contributed by atoms with Crippen molar-refractivity contribution in [3.63, 3.8) is 0 Å². The third-order valence-electron chi connectivity index (χ3n) is 3.05. The Bertz CT molecular complexity index is 608. The first-order valence-corrected chi connectivity index (χ1v) is 7.11. The fourth-order valence-electron chi connectivity index (χ4n) is 2.12. The van der Waals surface area contributed by atoms with Crippen molar-refractivity contribution in [2.24, 2.45) is 0 Å². The molecule has 2 aromatic rings. The van der Waals surface area contributed by atoms with Gasteiger partial charge in [-0.15, -0.1) is 0 Å². The molecular formula is C15H21N5O. The molecule has 0 bridgehead atoms. The normalized spacial score (nSPS) is 12.1. The smallest absolute Gasteiger partial charge is 0.225 e. The van der Waals surface area contributed by atoms with Gasteiger partial charge in [-0.05, 0) is 32.5 Å². The average molecular weight is 287 g/mol. The number of aromatic amines is 1. The highest BCUT2D eigenvalue weighted by atomic mass is 16.1. The first-order valence-electron chi connectivity index (χ1n) is 7.11. The van der Waals surface area contributed by atoms with Crippen molar-refractivity contribution in [2.75, 3.05) is 11.9 Å². The minimum Gasteiger partial charge on any atom is -0.326 e. The second-order valence-corrected chi connectivity index (χ2v) is 5.04. The summed E-state index contributed by atoms with van der Waals surface area (Å²) >= 11 is 0. The monoisotopic (exact) mass is 287 g/mol. The van der Waals surface area contributed by atoms with Gasteiger partial charge < -0.3 is 10.6 Å². The van der Waals surface area contributed by atoms with Crippen LogP contribution in [0.15, 0.2) is 24.3 Å². The lowest BCUT2D eigenvalue weighted by Crippen LogP contribution is -2.30. The first kappa shape index (κ1) is 15.2. The van der Waals surface area contributed by atoms with Gasteiger partial charge in [0.2, 0.25) is 5.91 Å². The van der Waals surface area contributed by atoms with Crippen LogP contribution in [0, 0.1) is 6.92 Å².